The standard InChI is InChI=1S/C23H28O4/c1-26-17-5-3-2-4-6-18-27-22-14-12-21(13-15-22)20-10-7-19(8-11-20)9-16-23(24)25/h7-16H,2-6,17-18H2,1H3,(H,24,25)/b16-9+. The highest BCUT2D eigenvalue weighted by Crippen LogP contribution is 2.23. The Bertz CT molecular complexity index is 702. The van der Waals surface area contributed by atoms with E-state index in [0.29, 0.717) is 0 Å². The molecule has 0 fully saturated rings. The van der Waals surface area contributed by atoms with Crippen LogP contribution >= 0.6 is 0 Å². The second kappa shape index (κ2) is 11.9. The molecule has 0 heterocycles. The lowest BCUT2D eigenvalue weighted by Gasteiger charge is -2.08. The van der Waals surface area contributed by atoms with Gasteiger partial charge in [-0.15, -0.1) is 0 Å². The van der Waals surface area contributed by atoms with Crippen LogP contribution in [0.1, 0.15) is 37.7 Å². The third-order valence-electron chi connectivity index (χ3n) is 4.28. The Kier molecular flexibility index (Phi) is 9.14. The quantitative estimate of drug-likeness (QED) is 0.401. The Hall–Kier alpha value is -2.59. The number of carboxylic acids is 1. The van der Waals surface area contributed by atoms with E-state index in [9.17, 15) is 4.79 Å². The van der Waals surface area contributed by atoms with Gasteiger partial charge in [-0.25, -0.2) is 4.79 Å². The number of methoxy groups -OCH3 is 1. The molecule has 0 bridgehead atoms. The van der Waals surface area contributed by atoms with Crippen LogP contribution in [0.3, 0.4) is 0 Å². The van der Waals surface area contributed by atoms with Gasteiger partial charge in [-0.1, -0.05) is 55.7 Å². The first-order valence-electron chi connectivity index (χ1n) is 9.42. The summed E-state index contributed by atoms with van der Waals surface area (Å²) in [4.78, 5) is 10.6. The summed E-state index contributed by atoms with van der Waals surface area (Å²) in [6.07, 6.45) is 8.55. The molecule has 0 atom stereocenters. The summed E-state index contributed by atoms with van der Waals surface area (Å²) in [7, 11) is 1.74. The average Bonchev–Trinajstić information content (AvgIpc) is 2.69. The van der Waals surface area contributed by atoms with Crippen LogP contribution in [0, 0.1) is 0 Å². The van der Waals surface area contributed by atoms with Gasteiger partial charge in [0.25, 0.3) is 0 Å². The summed E-state index contributed by atoms with van der Waals surface area (Å²) in [5.74, 6) is -0.0556. The first-order chi connectivity index (χ1) is 13.2. The smallest absolute Gasteiger partial charge is 0.328 e. The van der Waals surface area contributed by atoms with Gasteiger partial charge in [0.2, 0.25) is 0 Å². The SMILES string of the molecule is COCCCCCCCOc1ccc(-c2ccc(/C=C/C(=O)O)cc2)cc1. The van der Waals surface area contributed by atoms with Crippen LogP contribution in [0.2, 0.25) is 0 Å². The molecule has 4 heteroatoms. The molecule has 2 aromatic carbocycles. The van der Waals surface area contributed by atoms with Crippen LogP contribution in [0.25, 0.3) is 17.2 Å². The highest BCUT2D eigenvalue weighted by Gasteiger charge is 2.00. The average molecular weight is 368 g/mol. The van der Waals surface area contributed by atoms with Gasteiger partial charge >= 0.3 is 5.97 Å². The molecule has 2 aromatic rings. The van der Waals surface area contributed by atoms with Crippen LogP contribution < -0.4 is 4.74 Å². The van der Waals surface area contributed by atoms with E-state index in [4.69, 9.17) is 14.6 Å². The third-order valence-corrected chi connectivity index (χ3v) is 4.28. The number of rotatable bonds is 12. The first kappa shape index (κ1) is 20.7. The topological polar surface area (TPSA) is 55.8 Å². The fraction of sp³-hybridized carbons (Fsp3) is 0.348. The first-order valence-corrected chi connectivity index (χ1v) is 9.42. The lowest BCUT2D eigenvalue weighted by atomic mass is 10.0. The molecule has 0 saturated heterocycles. The zero-order valence-electron chi connectivity index (χ0n) is 15.9. The van der Waals surface area contributed by atoms with E-state index in [2.05, 4.69) is 0 Å². The zero-order valence-corrected chi connectivity index (χ0v) is 15.9. The lowest BCUT2D eigenvalue weighted by molar-refractivity contribution is -0.131. The summed E-state index contributed by atoms with van der Waals surface area (Å²) in [6.45, 7) is 1.60. The van der Waals surface area contributed by atoms with E-state index in [-0.39, 0.29) is 0 Å². The predicted octanol–water partition coefficient (Wildman–Crippen LogP) is 5.43. The van der Waals surface area contributed by atoms with Crippen molar-refractivity contribution in [1.29, 1.82) is 0 Å². The Morgan fingerprint density at radius 1 is 0.852 bits per heavy atom. The van der Waals surface area contributed by atoms with Crippen molar-refractivity contribution in [3.05, 3.63) is 60.2 Å². The summed E-state index contributed by atoms with van der Waals surface area (Å²) in [5.41, 5.74) is 3.06. The van der Waals surface area contributed by atoms with Gasteiger partial charge in [0.05, 0.1) is 6.61 Å². The molecule has 27 heavy (non-hydrogen) atoms. The highest BCUT2D eigenvalue weighted by atomic mass is 16.5. The molecule has 0 radical (unpaired) electrons. The van der Waals surface area contributed by atoms with Crippen LogP contribution in [0.5, 0.6) is 5.75 Å². The van der Waals surface area contributed by atoms with Crippen molar-refractivity contribution in [2.45, 2.75) is 32.1 Å². The van der Waals surface area contributed by atoms with Gasteiger partial charge in [0.1, 0.15) is 5.75 Å². The number of aliphatic carboxylic acids is 1. The second-order valence-corrected chi connectivity index (χ2v) is 6.43. The number of hydrogen-bond acceptors (Lipinski definition) is 3. The van der Waals surface area contributed by atoms with Crippen molar-refractivity contribution in [2.24, 2.45) is 0 Å². The number of ether oxygens (including phenoxy) is 2. The van der Waals surface area contributed by atoms with Crippen molar-refractivity contribution in [2.75, 3.05) is 20.3 Å². The van der Waals surface area contributed by atoms with Gasteiger partial charge in [0, 0.05) is 19.8 Å². The van der Waals surface area contributed by atoms with Gasteiger partial charge in [-0.3, -0.25) is 0 Å². The summed E-state index contributed by atoms with van der Waals surface area (Å²) >= 11 is 0. The van der Waals surface area contributed by atoms with Crippen LogP contribution in [-0.4, -0.2) is 31.4 Å². The maximum atomic E-state index is 10.6. The van der Waals surface area contributed by atoms with Gasteiger partial charge in [-0.05, 0) is 47.7 Å². The minimum absolute atomic E-state index is 0.744. The number of benzene rings is 2. The largest absolute Gasteiger partial charge is 0.494 e. The number of carboxylic acid groups (broad SMARTS) is 1. The molecule has 0 unspecified atom stereocenters. The molecular formula is C23H28O4. The van der Waals surface area contributed by atoms with Gasteiger partial charge in [-0.2, -0.15) is 0 Å². The molecule has 0 amide bonds. The summed E-state index contributed by atoms with van der Waals surface area (Å²) < 4.78 is 10.9. The Morgan fingerprint density at radius 3 is 2.00 bits per heavy atom. The number of unbranched alkanes of at least 4 members (excludes halogenated alkanes) is 4. The predicted molar refractivity (Wildman–Crippen MR) is 109 cm³/mol. The second-order valence-electron chi connectivity index (χ2n) is 6.43. The van der Waals surface area contributed by atoms with Crippen LogP contribution in [-0.2, 0) is 9.53 Å². The number of hydrogen-bond donors (Lipinski definition) is 1. The maximum Gasteiger partial charge on any atom is 0.328 e. The van der Waals surface area contributed by atoms with Gasteiger partial charge in [0.15, 0.2) is 0 Å². The number of carbonyl (C=O) groups is 1. The van der Waals surface area contributed by atoms with E-state index < -0.39 is 5.97 Å². The van der Waals surface area contributed by atoms with Crippen molar-refractivity contribution in [3.63, 3.8) is 0 Å². The van der Waals surface area contributed by atoms with Crippen molar-refractivity contribution in [1.82, 2.24) is 0 Å². The molecule has 0 spiro atoms. The molecule has 0 aliphatic carbocycles. The maximum absolute atomic E-state index is 10.6. The normalized spacial score (nSPS) is 11.0. The van der Waals surface area contributed by atoms with E-state index in [1.165, 1.54) is 19.3 Å². The van der Waals surface area contributed by atoms with E-state index in [0.717, 1.165) is 54.6 Å². The van der Waals surface area contributed by atoms with Crippen LogP contribution in [0.4, 0.5) is 0 Å². The Morgan fingerprint density at radius 2 is 1.41 bits per heavy atom. The van der Waals surface area contributed by atoms with E-state index in [1.807, 2.05) is 48.5 Å². The molecule has 0 saturated carbocycles. The molecular weight excluding hydrogens is 340 g/mol. The van der Waals surface area contributed by atoms with E-state index in [1.54, 1.807) is 13.2 Å². The van der Waals surface area contributed by atoms with Gasteiger partial charge < -0.3 is 14.6 Å². The minimum atomic E-state index is -0.944. The molecule has 1 N–H and O–H groups in total. The van der Waals surface area contributed by atoms with Crippen molar-refractivity contribution >= 4 is 12.0 Å². The van der Waals surface area contributed by atoms with Crippen molar-refractivity contribution in [3.8, 4) is 16.9 Å². The minimum Gasteiger partial charge on any atom is -0.494 e. The Balaban J connectivity index is 1.75. The molecule has 4 nitrogen and oxygen atoms in total. The zero-order chi connectivity index (χ0) is 19.3. The fourth-order valence-electron chi connectivity index (χ4n) is 2.77. The Labute approximate surface area is 161 Å². The van der Waals surface area contributed by atoms with Crippen LogP contribution in [0.15, 0.2) is 54.6 Å². The summed E-state index contributed by atoms with van der Waals surface area (Å²) in [6, 6.07) is 15.9. The highest BCUT2D eigenvalue weighted by molar-refractivity contribution is 5.85. The third kappa shape index (κ3) is 8.09. The fourth-order valence-corrected chi connectivity index (χ4v) is 2.77. The van der Waals surface area contributed by atoms with Crippen molar-refractivity contribution < 1.29 is 19.4 Å². The molecule has 0 aliphatic heterocycles. The molecule has 0 aromatic heterocycles. The lowest BCUT2D eigenvalue weighted by Crippen LogP contribution is -1.97. The summed E-state index contributed by atoms with van der Waals surface area (Å²) in [5, 5.41) is 8.67. The molecule has 2 rings (SSSR count). The molecule has 0 aliphatic rings. The van der Waals surface area contributed by atoms with E-state index >= 15 is 0 Å². The molecule has 144 valence electrons. The monoisotopic (exact) mass is 368 g/mol.